The Hall–Kier alpha value is -1.89. The molecule has 0 saturated carbocycles. The van der Waals surface area contributed by atoms with Crippen LogP contribution in [0, 0.1) is 0 Å². The van der Waals surface area contributed by atoms with Gasteiger partial charge >= 0.3 is 11.9 Å². The highest BCUT2D eigenvalue weighted by Crippen LogP contribution is 2.15. The fourth-order valence-electron chi connectivity index (χ4n) is 5.01. The Morgan fingerprint density at radius 2 is 0.919 bits per heavy atom. The van der Waals surface area contributed by atoms with E-state index in [1.165, 1.54) is 96.3 Å². The average Bonchev–Trinajstić information content (AvgIpc) is 2.81. The van der Waals surface area contributed by atoms with Crippen molar-refractivity contribution in [2.24, 2.45) is 0 Å². The van der Waals surface area contributed by atoms with E-state index in [-0.39, 0.29) is 6.54 Å². The predicted octanol–water partition coefficient (Wildman–Crippen LogP) is 6.10. The van der Waals surface area contributed by atoms with Gasteiger partial charge in [0.05, 0.1) is 12.5 Å². The van der Waals surface area contributed by atoms with Crippen LogP contribution in [0.2, 0.25) is 0 Å². The first-order valence-corrected chi connectivity index (χ1v) is 14.9. The lowest BCUT2D eigenvalue weighted by Crippen LogP contribution is -2.59. The van der Waals surface area contributed by atoms with E-state index in [9.17, 15) is 19.5 Å². The molecule has 0 aromatic carbocycles. The summed E-state index contributed by atoms with van der Waals surface area (Å²) in [6, 6.07) is 0. The van der Waals surface area contributed by atoms with Gasteiger partial charge in [0.2, 0.25) is 0 Å². The SMILES string of the molecule is CCCCCCCCCCCCCCCCC/C=C/CCCCC[N+](CC(=O)[O-])(CC(=O)O)CC(=O)O. The summed E-state index contributed by atoms with van der Waals surface area (Å²) in [6.45, 7) is 0.815. The van der Waals surface area contributed by atoms with Gasteiger partial charge in [-0.15, -0.1) is 0 Å². The van der Waals surface area contributed by atoms with E-state index in [0.29, 0.717) is 6.42 Å². The maximum absolute atomic E-state index is 11.2. The third-order valence-electron chi connectivity index (χ3n) is 7.05. The lowest BCUT2D eigenvalue weighted by molar-refractivity contribution is -0.909. The van der Waals surface area contributed by atoms with Gasteiger partial charge in [0, 0.05) is 0 Å². The molecule has 0 radical (unpaired) electrons. The summed E-state index contributed by atoms with van der Waals surface area (Å²) >= 11 is 0. The van der Waals surface area contributed by atoms with Gasteiger partial charge in [-0.3, -0.25) is 0 Å². The number of carbonyl (C=O) groups is 3. The summed E-state index contributed by atoms with van der Waals surface area (Å²) in [5.74, 6) is -3.84. The Bertz CT molecular complexity index is 578. The minimum absolute atomic E-state index is 0.204. The van der Waals surface area contributed by atoms with E-state index in [0.717, 1.165) is 25.7 Å². The molecule has 0 aliphatic heterocycles. The highest BCUT2D eigenvalue weighted by atomic mass is 16.4. The van der Waals surface area contributed by atoms with Crippen LogP contribution in [0.3, 0.4) is 0 Å². The fourth-order valence-corrected chi connectivity index (χ4v) is 5.01. The van der Waals surface area contributed by atoms with Crippen molar-refractivity contribution >= 4 is 17.9 Å². The second kappa shape index (κ2) is 24.4. The summed E-state index contributed by atoms with van der Waals surface area (Å²) in [6.07, 6.45) is 29.3. The molecule has 0 amide bonds. The van der Waals surface area contributed by atoms with Crippen molar-refractivity contribution in [3.05, 3.63) is 12.2 Å². The Morgan fingerprint density at radius 3 is 1.27 bits per heavy atom. The first-order valence-electron chi connectivity index (χ1n) is 14.9. The predicted molar refractivity (Wildman–Crippen MR) is 147 cm³/mol. The van der Waals surface area contributed by atoms with E-state index in [1.807, 2.05) is 0 Å². The molecule has 0 rings (SSSR count). The minimum Gasteiger partial charge on any atom is -0.544 e. The molecule has 0 aliphatic carbocycles. The van der Waals surface area contributed by atoms with E-state index in [1.54, 1.807) is 0 Å². The van der Waals surface area contributed by atoms with Gasteiger partial charge in [-0.05, 0) is 38.5 Å². The lowest BCUT2D eigenvalue weighted by atomic mass is 10.0. The normalized spacial score (nSPS) is 11.8. The van der Waals surface area contributed by atoms with Gasteiger partial charge in [0.15, 0.2) is 13.1 Å². The van der Waals surface area contributed by atoms with Crippen LogP contribution in [0.15, 0.2) is 12.2 Å². The third-order valence-corrected chi connectivity index (χ3v) is 7.05. The van der Waals surface area contributed by atoms with Crippen molar-refractivity contribution < 1.29 is 34.2 Å². The molecule has 0 saturated heterocycles. The van der Waals surface area contributed by atoms with Crippen LogP contribution < -0.4 is 5.11 Å². The van der Waals surface area contributed by atoms with Crippen molar-refractivity contribution in [3.63, 3.8) is 0 Å². The molecule has 7 heteroatoms. The Balaban J connectivity index is 3.69. The number of carbonyl (C=O) groups excluding carboxylic acids is 1. The summed E-state index contributed by atoms with van der Waals surface area (Å²) in [5.41, 5.74) is 0. The van der Waals surface area contributed by atoms with Crippen molar-refractivity contribution in [2.75, 3.05) is 26.2 Å². The second-order valence-electron chi connectivity index (χ2n) is 10.8. The van der Waals surface area contributed by atoms with Crippen LogP contribution in [0.5, 0.6) is 0 Å². The number of carboxylic acids is 3. The molecule has 0 aromatic heterocycles. The van der Waals surface area contributed by atoms with Gasteiger partial charge in [-0.2, -0.15) is 0 Å². The molecule has 0 atom stereocenters. The Labute approximate surface area is 225 Å². The maximum atomic E-state index is 11.2. The van der Waals surface area contributed by atoms with E-state index in [4.69, 9.17) is 10.2 Å². The van der Waals surface area contributed by atoms with Crippen LogP contribution in [-0.2, 0) is 14.4 Å². The van der Waals surface area contributed by atoms with Crippen LogP contribution >= 0.6 is 0 Å². The first-order chi connectivity index (χ1) is 17.8. The molecule has 0 unspecified atom stereocenters. The molecule has 0 fully saturated rings. The third kappa shape index (κ3) is 24.2. The molecule has 0 aromatic rings. The summed E-state index contributed by atoms with van der Waals surface area (Å²) in [4.78, 5) is 33.4. The molecule has 0 spiro atoms. The van der Waals surface area contributed by atoms with E-state index >= 15 is 0 Å². The number of carboxylic acid groups (broad SMARTS) is 3. The Kier molecular flexibility index (Phi) is 23.2. The average molecular weight is 526 g/mol. The maximum Gasteiger partial charge on any atom is 0.359 e. The van der Waals surface area contributed by atoms with Crippen LogP contribution in [0.4, 0.5) is 0 Å². The number of allylic oxidation sites excluding steroid dienone is 2. The summed E-state index contributed by atoms with van der Waals surface area (Å²) in [7, 11) is 0. The molecular formula is C30H55NO6. The fraction of sp³-hybridized carbons (Fsp3) is 0.833. The zero-order valence-electron chi connectivity index (χ0n) is 23.6. The van der Waals surface area contributed by atoms with Gasteiger partial charge < -0.3 is 24.6 Å². The smallest absolute Gasteiger partial charge is 0.359 e. The molecule has 37 heavy (non-hydrogen) atoms. The minimum atomic E-state index is -1.43. The zero-order valence-corrected chi connectivity index (χ0v) is 23.6. The number of hydrogen-bond donors (Lipinski definition) is 2. The van der Waals surface area contributed by atoms with Crippen molar-refractivity contribution in [1.29, 1.82) is 0 Å². The number of rotatable bonds is 28. The van der Waals surface area contributed by atoms with Crippen LogP contribution in [0.1, 0.15) is 135 Å². The molecule has 7 nitrogen and oxygen atoms in total. The molecule has 0 bridgehead atoms. The highest BCUT2D eigenvalue weighted by Gasteiger charge is 2.33. The van der Waals surface area contributed by atoms with Gasteiger partial charge in [0.1, 0.15) is 6.54 Å². The standard InChI is InChI=1S/C30H55NO6/c1-2-3-4-5-6-7-8-9-10-11-12-13-14-15-16-17-18-19-20-21-22-23-24-31(25-28(32)33,26-29(34)35)27-30(36)37/h18-19H,2-17,20-27H2,1H3,(H2-,32,33,34,35,36,37)/b19-18+. The lowest BCUT2D eigenvalue weighted by Gasteiger charge is -2.36. The molecule has 0 aliphatic rings. The summed E-state index contributed by atoms with van der Waals surface area (Å²) < 4.78 is -0.512. The number of quaternary nitrogens is 1. The topological polar surface area (TPSA) is 115 Å². The Morgan fingerprint density at radius 1 is 0.568 bits per heavy atom. The second-order valence-corrected chi connectivity index (χ2v) is 10.8. The summed E-state index contributed by atoms with van der Waals surface area (Å²) in [5, 5.41) is 29.3. The number of hydrogen-bond acceptors (Lipinski definition) is 4. The first kappa shape index (κ1) is 35.1. The van der Waals surface area contributed by atoms with Gasteiger partial charge in [0.25, 0.3) is 0 Å². The molecular weight excluding hydrogens is 470 g/mol. The zero-order chi connectivity index (χ0) is 27.6. The van der Waals surface area contributed by atoms with Gasteiger partial charge in [-0.1, -0.05) is 109 Å². The quantitative estimate of drug-likeness (QED) is 0.0724. The molecule has 216 valence electrons. The van der Waals surface area contributed by atoms with E-state index < -0.39 is 42.0 Å². The molecule has 0 heterocycles. The molecule has 2 N–H and O–H groups in total. The van der Waals surface area contributed by atoms with Crippen molar-refractivity contribution in [2.45, 2.75) is 135 Å². The highest BCUT2D eigenvalue weighted by molar-refractivity contribution is 5.72. The largest absolute Gasteiger partial charge is 0.544 e. The van der Waals surface area contributed by atoms with Gasteiger partial charge in [-0.25, -0.2) is 9.59 Å². The monoisotopic (exact) mass is 525 g/mol. The van der Waals surface area contributed by atoms with Crippen molar-refractivity contribution in [3.8, 4) is 0 Å². The number of aliphatic carboxylic acids is 3. The van der Waals surface area contributed by atoms with Crippen LogP contribution in [0.25, 0.3) is 0 Å². The number of unbranched alkanes of at least 4 members (excludes halogenated alkanes) is 18. The number of nitrogens with zero attached hydrogens (tertiary/aromatic N) is 1. The van der Waals surface area contributed by atoms with Crippen LogP contribution in [-0.4, -0.2) is 58.8 Å². The van der Waals surface area contributed by atoms with E-state index in [2.05, 4.69) is 19.1 Å². The van der Waals surface area contributed by atoms with Crippen molar-refractivity contribution in [1.82, 2.24) is 0 Å².